The molecule has 3 heteroatoms. The number of carbonyl (C=O) groups is 1. The first kappa shape index (κ1) is 9.56. The predicted molar refractivity (Wildman–Crippen MR) is 44.4 cm³/mol. The van der Waals surface area contributed by atoms with Gasteiger partial charge in [-0.15, -0.1) is 0 Å². The zero-order valence-corrected chi connectivity index (χ0v) is 7.07. The molecule has 0 aliphatic carbocycles. The maximum absolute atomic E-state index is 10.2. The average Bonchev–Trinajstić information content (AvgIpc) is 1.88. The quantitative estimate of drug-likeness (QED) is 0.503. The Balaban J connectivity index is 3.58. The highest BCUT2D eigenvalue weighted by Crippen LogP contribution is 2.00. The second kappa shape index (κ2) is 5.35. The number of hydrogen-bond acceptors (Lipinski definition) is 2. The van der Waals surface area contributed by atoms with Crippen molar-refractivity contribution in [2.75, 3.05) is 12.0 Å². The van der Waals surface area contributed by atoms with Gasteiger partial charge in [0.25, 0.3) is 0 Å². The van der Waals surface area contributed by atoms with Crippen LogP contribution in [0.3, 0.4) is 0 Å². The number of hydrogen-bond donors (Lipinski definition) is 1. The molecule has 0 saturated carbocycles. The maximum Gasteiger partial charge on any atom is 0.330 e. The molecule has 0 aromatic heterocycles. The molecule has 0 atom stereocenters. The highest BCUT2D eigenvalue weighted by atomic mass is 32.2. The van der Waals surface area contributed by atoms with Gasteiger partial charge in [-0.1, -0.05) is 6.08 Å². The van der Waals surface area contributed by atoms with E-state index < -0.39 is 5.97 Å². The van der Waals surface area contributed by atoms with Crippen LogP contribution in [0.25, 0.3) is 0 Å². The summed E-state index contributed by atoms with van der Waals surface area (Å²) in [5.41, 5.74) is 0.439. The van der Waals surface area contributed by atoms with Gasteiger partial charge in [0, 0.05) is 5.57 Å². The molecule has 0 aliphatic rings. The number of carboxylic acid groups (broad SMARTS) is 1. The summed E-state index contributed by atoms with van der Waals surface area (Å²) < 4.78 is 0. The van der Waals surface area contributed by atoms with E-state index in [0.717, 1.165) is 12.2 Å². The number of thioether (sulfide) groups is 1. The summed E-state index contributed by atoms with van der Waals surface area (Å²) in [4.78, 5) is 10.2. The SMILES string of the molecule is CSCCC=C(C)C(=O)O. The highest BCUT2D eigenvalue weighted by Gasteiger charge is 1.96. The van der Waals surface area contributed by atoms with Crippen LogP contribution in [-0.4, -0.2) is 23.1 Å². The van der Waals surface area contributed by atoms with Gasteiger partial charge in [0.05, 0.1) is 0 Å². The molecule has 0 radical (unpaired) electrons. The van der Waals surface area contributed by atoms with E-state index in [9.17, 15) is 4.79 Å². The summed E-state index contributed by atoms with van der Waals surface area (Å²) >= 11 is 1.72. The van der Waals surface area contributed by atoms with Gasteiger partial charge in [-0.05, 0) is 25.4 Å². The summed E-state index contributed by atoms with van der Waals surface area (Å²) in [5.74, 6) is 0.172. The molecular weight excluding hydrogens is 148 g/mol. The average molecular weight is 160 g/mol. The number of allylic oxidation sites excluding steroid dienone is 1. The third-order valence-corrected chi connectivity index (χ3v) is 1.75. The standard InChI is InChI=1S/C7H12O2S/c1-6(7(8)9)4-3-5-10-2/h4H,3,5H2,1-2H3,(H,8,9). The minimum absolute atomic E-state index is 0.439. The van der Waals surface area contributed by atoms with Crippen LogP contribution in [0.5, 0.6) is 0 Å². The van der Waals surface area contributed by atoms with Crippen LogP contribution in [0, 0.1) is 0 Å². The molecule has 58 valence electrons. The maximum atomic E-state index is 10.2. The summed E-state index contributed by atoms with van der Waals surface area (Å²) in [5, 5.41) is 8.41. The van der Waals surface area contributed by atoms with Crippen LogP contribution < -0.4 is 0 Å². The van der Waals surface area contributed by atoms with Crippen molar-refractivity contribution in [3.63, 3.8) is 0 Å². The molecule has 0 aromatic carbocycles. The van der Waals surface area contributed by atoms with E-state index in [1.165, 1.54) is 0 Å². The second-order valence-corrected chi connectivity index (χ2v) is 2.96. The van der Waals surface area contributed by atoms with Gasteiger partial charge < -0.3 is 5.11 Å². The first-order chi connectivity index (χ1) is 4.68. The van der Waals surface area contributed by atoms with Crippen molar-refractivity contribution in [1.29, 1.82) is 0 Å². The summed E-state index contributed by atoms with van der Waals surface area (Å²) in [6.07, 6.45) is 4.60. The Labute approximate surface area is 65.3 Å². The molecule has 0 unspecified atom stereocenters. The van der Waals surface area contributed by atoms with Gasteiger partial charge in [0.15, 0.2) is 0 Å². The van der Waals surface area contributed by atoms with Crippen molar-refractivity contribution >= 4 is 17.7 Å². The van der Waals surface area contributed by atoms with Crippen molar-refractivity contribution in [2.24, 2.45) is 0 Å². The number of aliphatic carboxylic acids is 1. The molecular formula is C7H12O2S. The van der Waals surface area contributed by atoms with Crippen LogP contribution in [-0.2, 0) is 4.79 Å². The molecule has 0 spiro atoms. The summed E-state index contributed by atoms with van der Waals surface area (Å²) in [6, 6.07) is 0. The monoisotopic (exact) mass is 160 g/mol. The molecule has 0 fully saturated rings. The van der Waals surface area contributed by atoms with E-state index in [4.69, 9.17) is 5.11 Å². The number of rotatable bonds is 4. The summed E-state index contributed by atoms with van der Waals surface area (Å²) in [7, 11) is 0. The van der Waals surface area contributed by atoms with Crippen LogP contribution in [0.2, 0.25) is 0 Å². The lowest BCUT2D eigenvalue weighted by Crippen LogP contribution is -1.95. The fourth-order valence-corrected chi connectivity index (χ4v) is 0.834. The van der Waals surface area contributed by atoms with Crippen molar-refractivity contribution in [2.45, 2.75) is 13.3 Å². The molecule has 1 N–H and O–H groups in total. The van der Waals surface area contributed by atoms with Crippen LogP contribution in [0.15, 0.2) is 11.6 Å². The Morgan fingerprint density at radius 3 is 2.70 bits per heavy atom. The van der Waals surface area contributed by atoms with Crippen molar-refractivity contribution in [3.05, 3.63) is 11.6 Å². The van der Waals surface area contributed by atoms with Crippen molar-refractivity contribution in [1.82, 2.24) is 0 Å². The Hall–Kier alpha value is -0.440. The Morgan fingerprint density at radius 2 is 2.30 bits per heavy atom. The largest absolute Gasteiger partial charge is 0.478 e. The molecule has 0 rings (SSSR count). The molecule has 0 bridgehead atoms. The third-order valence-electron chi connectivity index (χ3n) is 1.11. The molecule has 0 aliphatic heterocycles. The van der Waals surface area contributed by atoms with E-state index in [1.807, 2.05) is 6.26 Å². The van der Waals surface area contributed by atoms with E-state index in [-0.39, 0.29) is 0 Å². The minimum Gasteiger partial charge on any atom is -0.478 e. The summed E-state index contributed by atoms with van der Waals surface area (Å²) in [6.45, 7) is 1.61. The molecule has 0 heterocycles. The van der Waals surface area contributed by atoms with E-state index in [1.54, 1.807) is 24.8 Å². The third kappa shape index (κ3) is 4.44. The lowest BCUT2D eigenvalue weighted by molar-refractivity contribution is -0.132. The van der Waals surface area contributed by atoms with Gasteiger partial charge >= 0.3 is 5.97 Å². The highest BCUT2D eigenvalue weighted by molar-refractivity contribution is 7.98. The Bertz CT molecular complexity index is 141. The number of carboxylic acids is 1. The van der Waals surface area contributed by atoms with E-state index >= 15 is 0 Å². The smallest absolute Gasteiger partial charge is 0.330 e. The molecule has 10 heavy (non-hydrogen) atoms. The van der Waals surface area contributed by atoms with Crippen LogP contribution in [0.4, 0.5) is 0 Å². The molecule has 2 nitrogen and oxygen atoms in total. The Kier molecular flexibility index (Phi) is 5.12. The lowest BCUT2D eigenvalue weighted by Gasteiger charge is -1.91. The van der Waals surface area contributed by atoms with Gasteiger partial charge in [0.1, 0.15) is 0 Å². The van der Waals surface area contributed by atoms with Gasteiger partial charge in [-0.2, -0.15) is 11.8 Å². The zero-order chi connectivity index (χ0) is 7.98. The van der Waals surface area contributed by atoms with E-state index in [0.29, 0.717) is 5.57 Å². The van der Waals surface area contributed by atoms with Crippen LogP contribution >= 0.6 is 11.8 Å². The Morgan fingerprint density at radius 1 is 1.70 bits per heavy atom. The van der Waals surface area contributed by atoms with Crippen molar-refractivity contribution < 1.29 is 9.90 Å². The van der Waals surface area contributed by atoms with E-state index in [2.05, 4.69) is 0 Å². The predicted octanol–water partition coefficient (Wildman–Crippen LogP) is 1.77. The van der Waals surface area contributed by atoms with Crippen LogP contribution in [0.1, 0.15) is 13.3 Å². The second-order valence-electron chi connectivity index (χ2n) is 1.97. The van der Waals surface area contributed by atoms with Gasteiger partial charge in [-0.25, -0.2) is 4.79 Å². The normalized spacial score (nSPS) is 11.6. The van der Waals surface area contributed by atoms with Crippen molar-refractivity contribution in [3.8, 4) is 0 Å². The fourth-order valence-electron chi connectivity index (χ4n) is 0.481. The molecule has 0 amide bonds. The van der Waals surface area contributed by atoms with Gasteiger partial charge in [-0.3, -0.25) is 0 Å². The topological polar surface area (TPSA) is 37.3 Å². The fraction of sp³-hybridized carbons (Fsp3) is 0.571. The molecule has 0 saturated heterocycles. The zero-order valence-electron chi connectivity index (χ0n) is 6.26. The molecule has 0 aromatic rings. The first-order valence-corrected chi connectivity index (χ1v) is 4.47. The van der Waals surface area contributed by atoms with Gasteiger partial charge in [0.2, 0.25) is 0 Å². The first-order valence-electron chi connectivity index (χ1n) is 3.07. The lowest BCUT2D eigenvalue weighted by atomic mass is 10.2. The minimum atomic E-state index is -0.818.